The predicted octanol–water partition coefficient (Wildman–Crippen LogP) is -0.855. The molecule has 1 fully saturated rings. The van der Waals surface area contributed by atoms with Crippen LogP contribution in [0.15, 0.2) is 0 Å². The molecule has 0 aromatic carbocycles. The molecule has 0 radical (unpaired) electrons. The van der Waals surface area contributed by atoms with Crippen LogP contribution in [0.2, 0.25) is 0 Å². The van der Waals surface area contributed by atoms with Gasteiger partial charge in [-0.2, -0.15) is 0 Å². The van der Waals surface area contributed by atoms with Crippen LogP contribution in [-0.2, 0) is 14.2 Å². The summed E-state index contributed by atoms with van der Waals surface area (Å²) in [7, 11) is 3.46. The third-order valence-electron chi connectivity index (χ3n) is 2.33. The van der Waals surface area contributed by atoms with Gasteiger partial charge in [-0.3, -0.25) is 0 Å². The Morgan fingerprint density at radius 1 is 1.50 bits per heavy atom. The van der Waals surface area contributed by atoms with Crippen molar-refractivity contribution in [3.05, 3.63) is 0 Å². The van der Waals surface area contributed by atoms with Crippen LogP contribution in [0.25, 0.3) is 0 Å². The Labute approximate surface area is 85.9 Å². The summed E-state index contributed by atoms with van der Waals surface area (Å²) in [6, 6.07) is -0.182. The number of hydrogen-bond donors (Lipinski definition) is 1. The van der Waals surface area contributed by atoms with Crippen LogP contribution in [0.1, 0.15) is 13.8 Å². The number of methoxy groups -OCH3 is 1. The first kappa shape index (κ1) is 12.0. The van der Waals surface area contributed by atoms with Gasteiger partial charge in [0.05, 0.1) is 18.7 Å². The number of hydrogen-bond acceptors (Lipinski definition) is 4. The fraction of sp³-hybridized carbons (Fsp3) is 1.00. The molecule has 0 amide bonds. The second-order valence-corrected chi connectivity index (χ2v) is 3.98. The Morgan fingerprint density at radius 3 is 2.64 bits per heavy atom. The van der Waals surface area contributed by atoms with Gasteiger partial charge in [0.25, 0.3) is 0 Å². The van der Waals surface area contributed by atoms with Crippen molar-refractivity contribution in [3.63, 3.8) is 0 Å². The summed E-state index contributed by atoms with van der Waals surface area (Å²) >= 11 is 0. The molecule has 1 saturated heterocycles. The number of rotatable bonds is 4. The average molecular weight is 202 g/mol. The maximum atomic E-state index is 9.80. The zero-order valence-corrected chi connectivity index (χ0v) is 9.27. The van der Waals surface area contributed by atoms with E-state index in [-0.39, 0.29) is 24.3 Å². The maximum Gasteiger partial charge on any atom is 0.142 e. The molecule has 0 saturated carbocycles. The van der Waals surface area contributed by atoms with Gasteiger partial charge in [0, 0.05) is 7.11 Å². The summed E-state index contributed by atoms with van der Waals surface area (Å²) in [5, 5.41) is 9.80. The van der Waals surface area contributed by atoms with E-state index in [0.29, 0.717) is 6.61 Å². The van der Waals surface area contributed by atoms with Crippen LogP contribution >= 0.6 is 0 Å². The number of ether oxygens (including phenoxy) is 3. The smallest absolute Gasteiger partial charge is 0.142 e. The third kappa shape index (κ3) is 2.70. The minimum absolute atomic E-state index is 0.0860. The summed E-state index contributed by atoms with van der Waals surface area (Å²) in [4.78, 5) is 0. The maximum absolute atomic E-state index is 9.80. The zero-order valence-electron chi connectivity index (χ0n) is 9.27. The molecule has 1 unspecified atom stereocenters. The molecule has 0 aromatic rings. The molecule has 0 bridgehead atoms. The van der Waals surface area contributed by atoms with Gasteiger partial charge in [-0.25, -0.2) is 0 Å². The lowest BCUT2D eigenvalue weighted by Crippen LogP contribution is -2.38. The topological polar surface area (TPSA) is 47.9 Å². The highest BCUT2D eigenvalue weighted by Crippen LogP contribution is 2.23. The fourth-order valence-electron chi connectivity index (χ4n) is 1.70. The Kier molecular flexibility index (Phi) is 4.38. The van der Waals surface area contributed by atoms with E-state index in [0.717, 1.165) is 0 Å². The summed E-state index contributed by atoms with van der Waals surface area (Å²) in [5.74, 6) is 0. The van der Waals surface area contributed by atoms with Crippen molar-refractivity contribution in [3.8, 4) is 0 Å². The molecule has 4 nitrogen and oxygen atoms in total. The van der Waals surface area contributed by atoms with Crippen LogP contribution in [0.5, 0.6) is 0 Å². The second-order valence-electron chi connectivity index (χ2n) is 3.98. The lowest BCUT2D eigenvalue weighted by Gasteiger charge is -2.22. The molecular weight excluding hydrogens is 183 g/mol. The molecule has 0 aromatic heterocycles. The Balaban J connectivity index is 2.56. The van der Waals surface area contributed by atoms with Crippen LogP contribution in [0.3, 0.4) is 0 Å². The standard InChI is InChI=1S/C9H19BO4/c1-5(2)13-8-6(4-12-3)14-9(10)7(8)11/h5-9,11H,4,10H2,1-3H3/t6-,7?,8+,9-/m1/s1. The second kappa shape index (κ2) is 5.12. The van der Waals surface area contributed by atoms with Gasteiger partial charge in [0.2, 0.25) is 0 Å². The highest BCUT2D eigenvalue weighted by atomic mass is 16.6. The average Bonchev–Trinajstić information content (AvgIpc) is 2.33. The van der Waals surface area contributed by atoms with Crippen molar-refractivity contribution in [1.82, 2.24) is 0 Å². The Morgan fingerprint density at radius 2 is 2.14 bits per heavy atom. The van der Waals surface area contributed by atoms with Crippen LogP contribution in [-0.4, -0.2) is 57.1 Å². The molecule has 82 valence electrons. The highest BCUT2D eigenvalue weighted by Gasteiger charge is 2.42. The quantitative estimate of drug-likeness (QED) is 0.603. The number of aliphatic hydroxyl groups is 1. The molecule has 4 atom stereocenters. The van der Waals surface area contributed by atoms with Crippen molar-refractivity contribution >= 4 is 7.85 Å². The lowest BCUT2D eigenvalue weighted by molar-refractivity contribution is -0.0818. The molecule has 0 spiro atoms. The van der Waals surface area contributed by atoms with Crippen molar-refractivity contribution in [2.45, 2.75) is 44.3 Å². The molecule has 0 aliphatic carbocycles. The molecule has 1 aliphatic rings. The van der Waals surface area contributed by atoms with Crippen molar-refractivity contribution in [1.29, 1.82) is 0 Å². The van der Waals surface area contributed by atoms with Crippen molar-refractivity contribution in [2.75, 3.05) is 13.7 Å². The van der Waals surface area contributed by atoms with Gasteiger partial charge in [-0.1, -0.05) is 0 Å². The van der Waals surface area contributed by atoms with E-state index in [2.05, 4.69) is 0 Å². The lowest BCUT2D eigenvalue weighted by atomic mass is 9.93. The number of aliphatic hydroxyl groups excluding tert-OH is 1. The van der Waals surface area contributed by atoms with Crippen LogP contribution < -0.4 is 0 Å². The SMILES string of the molecule is B[C@@H]1O[C@H](COC)[C@H](OC(C)C)C1O. The third-order valence-corrected chi connectivity index (χ3v) is 2.33. The summed E-state index contributed by atoms with van der Waals surface area (Å²) in [6.07, 6.45) is -0.905. The monoisotopic (exact) mass is 202 g/mol. The first-order valence-corrected chi connectivity index (χ1v) is 5.04. The van der Waals surface area contributed by atoms with E-state index < -0.39 is 6.10 Å². The highest BCUT2D eigenvalue weighted by molar-refractivity contribution is 6.11. The summed E-state index contributed by atoms with van der Waals surface area (Å²) in [6.45, 7) is 4.35. The van der Waals surface area contributed by atoms with Crippen LogP contribution in [0, 0.1) is 0 Å². The van der Waals surface area contributed by atoms with E-state index >= 15 is 0 Å². The molecule has 1 N–H and O–H groups in total. The molecule has 1 rings (SSSR count). The van der Waals surface area contributed by atoms with Crippen molar-refractivity contribution in [2.24, 2.45) is 0 Å². The Bertz CT molecular complexity index is 176. The van der Waals surface area contributed by atoms with E-state index in [9.17, 15) is 5.11 Å². The van der Waals surface area contributed by atoms with Gasteiger partial charge in [0.1, 0.15) is 26.2 Å². The largest absolute Gasteiger partial charge is 0.388 e. The van der Waals surface area contributed by atoms with Gasteiger partial charge >= 0.3 is 0 Å². The van der Waals surface area contributed by atoms with E-state index in [4.69, 9.17) is 14.2 Å². The predicted molar refractivity (Wildman–Crippen MR) is 55.1 cm³/mol. The van der Waals surface area contributed by atoms with E-state index in [1.54, 1.807) is 7.11 Å². The first-order chi connectivity index (χ1) is 6.56. The first-order valence-electron chi connectivity index (χ1n) is 5.04. The Hall–Kier alpha value is -0.0951. The van der Waals surface area contributed by atoms with Gasteiger partial charge in [-0.05, 0) is 13.8 Å². The normalized spacial score (nSPS) is 38.1. The van der Waals surface area contributed by atoms with E-state index in [1.165, 1.54) is 0 Å². The minimum atomic E-state index is -0.558. The van der Waals surface area contributed by atoms with Gasteiger partial charge < -0.3 is 19.3 Å². The summed E-state index contributed by atoms with van der Waals surface area (Å²) < 4.78 is 16.1. The van der Waals surface area contributed by atoms with E-state index in [1.807, 2.05) is 21.7 Å². The minimum Gasteiger partial charge on any atom is -0.388 e. The summed E-state index contributed by atoms with van der Waals surface area (Å²) in [5.41, 5.74) is 0. The van der Waals surface area contributed by atoms with Crippen molar-refractivity contribution < 1.29 is 19.3 Å². The molecule has 1 aliphatic heterocycles. The molecule has 14 heavy (non-hydrogen) atoms. The molecule has 5 heteroatoms. The molecular formula is C9H19BO4. The van der Waals surface area contributed by atoms with Gasteiger partial charge in [-0.15, -0.1) is 0 Å². The molecule has 1 heterocycles. The fourth-order valence-corrected chi connectivity index (χ4v) is 1.70. The zero-order chi connectivity index (χ0) is 10.7. The van der Waals surface area contributed by atoms with Crippen LogP contribution in [0.4, 0.5) is 0 Å². The van der Waals surface area contributed by atoms with Gasteiger partial charge in [0.15, 0.2) is 0 Å².